The van der Waals surface area contributed by atoms with Crippen LogP contribution in [0, 0.1) is 0 Å². The second-order valence-corrected chi connectivity index (χ2v) is 5.73. The van der Waals surface area contributed by atoms with Gasteiger partial charge in [-0.25, -0.2) is 0 Å². The van der Waals surface area contributed by atoms with Crippen LogP contribution in [0.1, 0.15) is 39.2 Å². The van der Waals surface area contributed by atoms with E-state index in [1.54, 1.807) is 0 Å². The van der Waals surface area contributed by atoms with Crippen LogP contribution in [0.3, 0.4) is 0 Å². The molecule has 1 aliphatic rings. The minimum Gasteiger partial charge on any atom is -0.487 e. The van der Waals surface area contributed by atoms with Gasteiger partial charge in [-0.1, -0.05) is 19.9 Å². The third-order valence-corrected chi connectivity index (χ3v) is 3.75. The van der Waals surface area contributed by atoms with Gasteiger partial charge in [0.15, 0.2) is 0 Å². The molecular weight excluding hydrogens is 248 g/mol. The zero-order chi connectivity index (χ0) is 14.4. The van der Waals surface area contributed by atoms with Gasteiger partial charge in [0.1, 0.15) is 11.9 Å². The average molecular weight is 276 g/mol. The summed E-state index contributed by atoms with van der Waals surface area (Å²) in [6.45, 7) is 11.1. The lowest BCUT2D eigenvalue weighted by atomic mass is 10.1. The van der Waals surface area contributed by atoms with Crippen molar-refractivity contribution in [1.29, 1.82) is 0 Å². The lowest BCUT2D eigenvalue weighted by Gasteiger charge is -2.25. The molecule has 0 saturated carbocycles. The van der Waals surface area contributed by atoms with E-state index in [1.165, 1.54) is 31.5 Å². The second-order valence-electron chi connectivity index (χ2n) is 5.73. The Morgan fingerprint density at radius 2 is 1.95 bits per heavy atom. The first-order chi connectivity index (χ1) is 9.72. The molecule has 3 heteroatoms. The first-order valence-corrected chi connectivity index (χ1v) is 7.98. The molecule has 0 spiro atoms. The molecular formula is C17H28N2O. The molecule has 0 bridgehead atoms. The fourth-order valence-corrected chi connectivity index (χ4v) is 2.74. The summed E-state index contributed by atoms with van der Waals surface area (Å²) in [5.41, 5.74) is 2.55. The smallest absolute Gasteiger partial charge is 0.142 e. The van der Waals surface area contributed by atoms with E-state index in [0.717, 1.165) is 30.9 Å². The van der Waals surface area contributed by atoms with Gasteiger partial charge in [0.05, 0.1) is 12.2 Å². The topological polar surface area (TPSA) is 24.5 Å². The van der Waals surface area contributed by atoms with Gasteiger partial charge in [-0.2, -0.15) is 0 Å². The molecule has 112 valence electrons. The van der Waals surface area contributed by atoms with Gasteiger partial charge in [0.25, 0.3) is 0 Å². The molecule has 1 aliphatic heterocycles. The van der Waals surface area contributed by atoms with Crippen molar-refractivity contribution in [2.24, 2.45) is 0 Å². The molecule has 0 fully saturated rings. The van der Waals surface area contributed by atoms with Crippen molar-refractivity contribution in [1.82, 2.24) is 4.90 Å². The van der Waals surface area contributed by atoms with E-state index in [9.17, 15) is 0 Å². The Balaban J connectivity index is 1.93. The normalized spacial score (nSPS) is 17.5. The summed E-state index contributed by atoms with van der Waals surface area (Å²) in [5.74, 6) is 0.992. The minimum atomic E-state index is 0.262. The molecule has 0 amide bonds. The van der Waals surface area contributed by atoms with Gasteiger partial charge in [0.2, 0.25) is 0 Å². The van der Waals surface area contributed by atoms with Crippen molar-refractivity contribution < 1.29 is 4.74 Å². The van der Waals surface area contributed by atoms with Crippen LogP contribution in [-0.4, -0.2) is 37.2 Å². The van der Waals surface area contributed by atoms with Gasteiger partial charge < -0.3 is 15.0 Å². The highest BCUT2D eigenvalue weighted by Crippen LogP contribution is 2.30. The highest BCUT2D eigenvalue weighted by atomic mass is 16.5. The molecule has 1 aromatic rings. The van der Waals surface area contributed by atoms with Crippen molar-refractivity contribution in [3.63, 3.8) is 0 Å². The maximum atomic E-state index is 5.82. The standard InChI is InChI=1S/C17H28N2O/c1-4-9-19(10-5-2)11-8-15-6-7-17-16(12-15)18-13-14(3)20-17/h6-7,12,14,18H,4-5,8-11,13H2,1-3H3. The molecule has 1 unspecified atom stereocenters. The Morgan fingerprint density at radius 1 is 1.20 bits per heavy atom. The average Bonchev–Trinajstić information content (AvgIpc) is 2.45. The fourth-order valence-electron chi connectivity index (χ4n) is 2.74. The molecule has 2 rings (SSSR count). The number of hydrogen-bond acceptors (Lipinski definition) is 3. The van der Waals surface area contributed by atoms with Crippen LogP contribution in [-0.2, 0) is 6.42 Å². The summed E-state index contributed by atoms with van der Waals surface area (Å²) < 4.78 is 5.82. The molecule has 1 atom stereocenters. The van der Waals surface area contributed by atoms with Gasteiger partial charge >= 0.3 is 0 Å². The highest BCUT2D eigenvalue weighted by molar-refractivity contribution is 5.59. The second kappa shape index (κ2) is 7.53. The number of anilines is 1. The number of nitrogens with zero attached hydrogens (tertiary/aromatic N) is 1. The first-order valence-electron chi connectivity index (χ1n) is 7.98. The summed E-state index contributed by atoms with van der Waals surface area (Å²) in [6, 6.07) is 6.56. The van der Waals surface area contributed by atoms with Crippen LogP contribution in [0.2, 0.25) is 0 Å². The minimum absolute atomic E-state index is 0.262. The predicted molar refractivity (Wildman–Crippen MR) is 85.7 cm³/mol. The lowest BCUT2D eigenvalue weighted by Crippen LogP contribution is -2.28. The molecule has 0 radical (unpaired) electrons. The molecule has 0 aromatic heterocycles. The van der Waals surface area contributed by atoms with E-state index in [4.69, 9.17) is 4.74 Å². The molecule has 20 heavy (non-hydrogen) atoms. The van der Waals surface area contributed by atoms with E-state index in [2.05, 4.69) is 49.2 Å². The van der Waals surface area contributed by atoms with E-state index >= 15 is 0 Å². The van der Waals surface area contributed by atoms with E-state index in [1.807, 2.05) is 0 Å². The summed E-state index contributed by atoms with van der Waals surface area (Å²) in [7, 11) is 0. The number of benzene rings is 1. The maximum Gasteiger partial charge on any atom is 0.142 e. The quantitative estimate of drug-likeness (QED) is 0.824. The zero-order valence-electron chi connectivity index (χ0n) is 13.1. The summed E-state index contributed by atoms with van der Waals surface area (Å²) in [6.07, 6.45) is 3.84. The van der Waals surface area contributed by atoms with E-state index < -0.39 is 0 Å². The molecule has 0 aliphatic carbocycles. The molecule has 0 saturated heterocycles. The van der Waals surface area contributed by atoms with Crippen LogP contribution in [0.5, 0.6) is 5.75 Å². The summed E-state index contributed by atoms with van der Waals surface area (Å²) >= 11 is 0. The number of fused-ring (bicyclic) bond motifs is 1. The van der Waals surface area contributed by atoms with Gasteiger partial charge in [-0.05, 0) is 57.0 Å². The van der Waals surface area contributed by atoms with Crippen LogP contribution in [0.15, 0.2) is 18.2 Å². The third-order valence-electron chi connectivity index (χ3n) is 3.75. The Bertz CT molecular complexity index is 413. The van der Waals surface area contributed by atoms with Gasteiger partial charge in [0, 0.05) is 6.54 Å². The highest BCUT2D eigenvalue weighted by Gasteiger charge is 2.15. The maximum absolute atomic E-state index is 5.82. The van der Waals surface area contributed by atoms with Crippen molar-refractivity contribution >= 4 is 5.69 Å². The number of nitrogens with one attached hydrogen (secondary N) is 1. The van der Waals surface area contributed by atoms with Crippen LogP contribution in [0.4, 0.5) is 5.69 Å². The van der Waals surface area contributed by atoms with Crippen LogP contribution >= 0.6 is 0 Å². The molecule has 1 N–H and O–H groups in total. The van der Waals surface area contributed by atoms with Crippen molar-refractivity contribution in [2.75, 3.05) is 31.5 Å². The largest absolute Gasteiger partial charge is 0.487 e. The van der Waals surface area contributed by atoms with Crippen molar-refractivity contribution in [3.8, 4) is 5.75 Å². The lowest BCUT2D eigenvalue weighted by molar-refractivity contribution is 0.226. The van der Waals surface area contributed by atoms with E-state index in [0.29, 0.717) is 0 Å². The van der Waals surface area contributed by atoms with E-state index in [-0.39, 0.29) is 6.10 Å². The predicted octanol–water partition coefficient (Wildman–Crippen LogP) is 3.54. The van der Waals surface area contributed by atoms with Gasteiger partial charge in [-0.3, -0.25) is 0 Å². The Hall–Kier alpha value is -1.22. The SMILES string of the molecule is CCCN(CCC)CCc1ccc2c(c1)NCC(C)O2. The first kappa shape index (κ1) is 15.2. The van der Waals surface area contributed by atoms with Gasteiger partial charge in [-0.15, -0.1) is 0 Å². The Kier molecular flexibility index (Phi) is 5.72. The molecule has 1 aromatic carbocycles. The van der Waals surface area contributed by atoms with Crippen LogP contribution < -0.4 is 10.1 Å². The Morgan fingerprint density at radius 3 is 2.65 bits per heavy atom. The monoisotopic (exact) mass is 276 g/mol. The fraction of sp³-hybridized carbons (Fsp3) is 0.647. The Labute approximate surface area is 123 Å². The summed E-state index contributed by atoms with van der Waals surface area (Å²) in [4.78, 5) is 2.56. The number of ether oxygens (including phenoxy) is 1. The van der Waals surface area contributed by atoms with Crippen LogP contribution in [0.25, 0.3) is 0 Å². The number of rotatable bonds is 7. The summed E-state index contributed by atoms with van der Waals surface area (Å²) in [5, 5.41) is 3.45. The van der Waals surface area contributed by atoms with Crippen molar-refractivity contribution in [2.45, 2.75) is 46.1 Å². The van der Waals surface area contributed by atoms with Crippen molar-refractivity contribution in [3.05, 3.63) is 23.8 Å². The zero-order valence-corrected chi connectivity index (χ0v) is 13.1. The molecule has 1 heterocycles. The number of hydrogen-bond donors (Lipinski definition) is 1. The molecule has 3 nitrogen and oxygen atoms in total. The third kappa shape index (κ3) is 4.14.